The molecule has 5 aromatic rings. The van der Waals surface area contributed by atoms with E-state index >= 15 is 0 Å². The Morgan fingerprint density at radius 2 is 1.58 bits per heavy atom. The normalized spacial score (nSPS) is 12.2. The van der Waals surface area contributed by atoms with Crippen LogP contribution in [0.3, 0.4) is 0 Å². The monoisotopic (exact) mass is 525 g/mol. The maximum absolute atomic E-state index is 13.5. The van der Waals surface area contributed by atoms with Crippen LogP contribution in [-0.2, 0) is 9.53 Å². The molecule has 0 saturated carbocycles. The first-order valence-corrected chi connectivity index (χ1v) is 12.7. The van der Waals surface area contributed by atoms with Crippen molar-refractivity contribution in [1.29, 1.82) is 0 Å². The molecule has 0 aliphatic heterocycles. The van der Waals surface area contributed by atoms with Gasteiger partial charge in [0, 0.05) is 16.9 Å². The summed E-state index contributed by atoms with van der Waals surface area (Å²) >= 11 is 1.32. The molecule has 2 aromatic heterocycles. The van der Waals surface area contributed by atoms with E-state index in [1.165, 1.54) is 29.8 Å². The van der Waals surface area contributed by atoms with E-state index in [0.717, 1.165) is 27.2 Å². The van der Waals surface area contributed by atoms with Crippen LogP contribution in [0.2, 0.25) is 0 Å². The average Bonchev–Trinajstić information content (AvgIpc) is 3.50. The number of carboxylic acid groups (broad SMARTS) is 1. The van der Waals surface area contributed by atoms with Gasteiger partial charge in [-0.15, -0.1) is 11.3 Å². The Labute approximate surface area is 220 Å². The fourth-order valence-corrected chi connectivity index (χ4v) is 5.85. The molecule has 0 spiro atoms. The van der Waals surface area contributed by atoms with Gasteiger partial charge in [-0.3, -0.25) is 4.79 Å². The smallest absolute Gasteiger partial charge is 0.416 e. The van der Waals surface area contributed by atoms with Gasteiger partial charge in [0.15, 0.2) is 5.82 Å². The quantitative estimate of drug-likeness (QED) is 0.278. The van der Waals surface area contributed by atoms with Crippen LogP contribution in [-0.4, -0.2) is 40.3 Å². The lowest BCUT2D eigenvalue weighted by atomic mass is 9.98. The molecule has 0 fully saturated rings. The number of rotatable bonds is 6. The van der Waals surface area contributed by atoms with Gasteiger partial charge >= 0.3 is 12.1 Å². The molecule has 1 amide bonds. The van der Waals surface area contributed by atoms with Gasteiger partial charge in [-0.25, -0.2) is 24.1 Å². The minimum atomic E-state index is -1.22. The van der Waals surface area contributed by atoms with E-state index in [1.807, 2.05) is 53.9 Å². The first-order valence-electron chi connectivity index (χ1n) is 11.8. The largest absolute Gasteiger partial charge is 0.480 e. The van der Waals surface area contributed by atoms with Crippen molar-refractivity contribution in [3.8, 4) is 22.3 Å². The minimum absolute atomic E-state index is 0.0334. The number of aromatic nitrogens is 2. The number of anilines is 1. The highest BCUT2D eigenvalue weighted by molar-refractivity contribution is 7.17. The standard InChI is InChI=1S/C29H20FN3O4S/c30-18-11-9-17(10-12-18)24-15-38-28-26(24)27(31-16-32-28)33(13-25(34)35)29(36)37-14-23-21-7-3-1-5-19(21)20-6-2-4-8-22(20)23/h1-12,15-16,23H,13-14H2,(H,34,35). The molecule has 6 rings (SSSR count). The molecule has 7 nitrogen and oxygen atoms in total. The number of carboxylic acids is 1. The summed E-state index contributed by atoms with van der Waals surface area (Å²) in [6.45, 7) is -0.618. The number of hydrogen-bond acceptors (Lipinski definition) is 6. The molecule has 1 N–H and O–H groups in total. The highest BCUT2D eigenvalue weighted by Crippen LogP contribution is 2.45. The van der Waals surface area contributed by atoms with Gasteiger partial charge in [-0.2, -0.15) is 0 Å². The molecule has 188 valence electrons. The van der Waals surface area contributed by atoms with Crippen LogP contribution in [0.25, 0.3) is 32.5 Å². The van der Waals surface area contributed by atoms with Gasteiger partial charge in [0.05, 0.1) is 5.39 Å². The average molecular weight is 526 g/mol. The Hall–Kier alpha value is -4.63. The van der Waals surface area contributed by atoms with E-state index in [-0.39, 0.29) is 24.2 Å². The van der Waals surface area contributed by atoms with Crippen LogP contribution < -0.4 is 4.90 Å². The maximum atomic E-state index is 13.5. The Morgan fingerprint density at radius 1 is 0.921 bits per heavy atom. The molecule has 1 aliphatic carbocycles. The zero-order valence-electron chi connectivity index (χ0n) is 19.9. The molecule has 1 aliphatic rings. The topological polar surface area (TPSA) is 92.6 Å². The van der Waals surface area contributed by atoms with Gasteiger partial charge in [-0.05, 0) is 39.9 Å². The van der Waals surface area contributed by atoms with Gasteiger partial charge in [0.2, 0.25) is 0 Å². The van der Waals surface area contributed by atoms with Crippen molar-refractivity contribution in [2.45, 2.75) is 5.92 Å². The van der Waals surface area contributed by atoms with Crippen LogP contribution in [0.5, 0.6) is 0 Å². The number of ether oxygens (including phenoxy) is 1. The Bertz CT molecular complexity index is 1640. The van der Waals surface area contributed by atoms with Crippen LogP contribution in [0.15, 0.2) is 84.5 Å². The van der Waals surface area contributed by atoms with Crippen molar-refractivity contribution in [1.82, 2.24) is 9.97 Å². The summed E-state index contributed by atoms with van der Waals surface area (Å²) in [4.78, 5) is 35.4. The van der Waals surface area contributed by atoms with Crippen molar-refractivity contribution >= 4 is 39.4 Å². The number of halogens is 1. The van der Waals surface area contributed by atoms with E-state index in [9.17, 15) is 19.1 Å². The van der Waals surface area contributed by atoms with E-state index in [1.54, 1.807) is 12.1 Å². The summed E-state index contributed by atoms with van der Waals surface area (Å²) in [5.74, 6) is -1.66. The SMILES string of the molecule is O=C(O)CN(C(=O)OCC1c2ccccc2-c2ccccc21)c1ncnc2scc(-c3ccc(F)cc3)c12. The second-order valence-corrected chi connectivity index (χ2v) is 9.68. The fraction of sp³-hybridized carbons (Fsp3) is 0.103. The number of thiophene rings is 1. The molecule has 0 radical (unpaired) electrons. The van der Waals surface area contributed by atoms with Crippen LogP contribution in [0.4, 0.5) is 15.0 Å². The lowest BCUT2D eigenvalue weighted by molar-refractivity contribution is -0.135. The summed E-state index contributed by atoms with van der Waals surface area (Å²) in [6, 6.07) is 21.8. The van der Waals surface area contributed by atoms with Crippen LogP contribution >= 0.6 is 11.3 Å². The van der Waals surface area contributed by atoms with E-state index in [0.29, 0.717) is 21.3 Å². The molecule has 3 aromatic carbocycles. The molecular weight excluding hydrogens is 505 g/mol. The van der Waals surface area contributed by atoms with Crippen molar-refractivity contribution in [2.24, 2.45) is 0 Å². The number of hydrogen-bond donors (Lipinski definition) is 1. The van der Waals surface area contributed by atoms with Crippen LogP contribution in [0, 0.1) is 5.82 Å². The number of fused-ring (bicyclic) bond motifs is 4. The zero-order chi connectivity index (χ0) is 26.2. The third-order valence-electron chi connectivity index (χ3n) is 6.61. The predicted molar refractivity (Wildman–Crippen MR) is 143 cm³/mol. The first kappa shape index (κ1) is 23.7. The third kappa shape index (κ3) is 4.16. The fourth-order valence-electron chi connectivity index (χ4n) is 4.94. The number of carbonyl (C=O) groups excluding carboxylic acids is 1. The summed E-state index contributed by atoms with van der Waals surface area (Å²) in [7, 11) is 0. The number of benzene rings is 3. The second-order valence-electron chi connectivity index (χ2n) is 8.82. The number of amides is 1. The predicted octanol–water partition coefficient (Wildman–Crippen LogP) is 6.34. The number of carbonyl (C=O) groups is 2. The van der Waals surface area contributed by atoms with Crippen molar-refractivity contribution < 1.29 is 23.8 Å². The van der Waals surface area contributed by atoms with E-state index in [4.69, 9.17) is 4.74 Å². The number of aliphatic carboxylic acids is 1. The highest BCUT2D eigenvalue weighted by atomic mass is 32.1. The lowest BCUT2D eigenvalue weighted by Crippen LogP contribution is -2.37. The number of nitrogens with zero attached hydrogens (tertiary/aromatic N) is 3. The Morgan fingerprint density at radius 3 is 2.24 bits per heavy atom. The van der Waals surface area contributed by atoms with Gasteiger partial charge in [0.25, 0.3) is 0 Å². The summed E-state index contributed by atoms with van der Waals surface area (Å²) in [5, 5.41) is 12.0. The van der Waals surface area contributed by atoms with Gasteiger partial charge in [-0.1, -0.05) is 60.7 Å². The molecule has 0 bridgehead atoms. The van der Waals surface area contributed by atoms with Crippen molar-refractivity contribution in [3.63, 3.8) is 0 Å². The summed E-state index contributed by atoms with van der Waals surface area (Å²) in [5.41, 5.74) is 5.63. The molecule has 0 saturated heterocycles. The van der Waals surface area contributed by atoms with Crippen LogP contribution in [0.1, 0.15) is 17.0 Å². The molecule has 9 heteroatoms. The molecular formula is C29H20FN3O4S. The third-order valence-corrected chi connectivity index (χ3v) is 7.50. The van der Waals surface area contributed by atoms with Crippen molar-refractivity contribution in [3.05, 3.63) is 101 Å². The Kier molecular flexibility index (Phi) is 6.05. The van der Waals surface area contributed by atoms with Gasteiger partial charge in [0.1, 0.15) is 30.1 Å². The second kappa shape index (κ2) is 9.68. The molecule has 0 atom stereocenters. The maximum Gasteiger partial charge on any atom is 0.416 e. The first-order chi connectivity index (χ1) is 18.5. The van der Waals surface area contributed by atoms with E-state index in [2.05, 4.69) is 9.97 Å². The molecule has 38 heavy (non-hydrogen) atoms. The van der Waals surface area contributed by atoms with E-state index < -0.39 is 18.6 Å². The Balaban J connectivity index is 1.35. The highest BCUT2D eigenvalue weighted by Gasteiger charge is 2.31. The minimum Gasteiger partial charge on any atom is -0.480 e. The zero-order valence-corrected chi connectivity index (χ0v) is 20.7. The van der Waals surface area contributed by atoms with Crippen molar-refractivity contribution in [2.75, 3.05) is 18.1 Å². The summed E-state index contributed by atoms with van der Waals surface area (Å²) < 4.78 is 19.3. The summed E-state index contributed by atoms with van der Waals surface area (Å²) in [6.07, 6.45) is 0.458. The molecule has 2 heterocycles. The van der Waals surface area contributed by atoms with Gasteiger partial charge < -0.3 is 9.84 Å². The lowest BCUT2D eigenvalue weighted by Gasteiger charge is -2.22. The molecule has 0 unspecified atom stereocenters.